The number of hydrogen-bond acceptors (Lipinski definition) is 3. The van der Waals surface area contributed by atoms with Gasteiger partial charge in [-0.3, -0.25) is 4.72 Å². The number of halogens is 1. The first-order valence-corrected chi connectivity index (χ1v) is 12.2. The van der Waals surface area contributed by atoms with Crippen LogP contribution in [0.25, 0.3) is 0 Å². The Hall–Kier alpha value is -3.12. The fourth-order valence-electron chi connectivity index (χ4n) is 4.91. The fourth-order valence-corrected chi connectivity index (χ4v) is 6.07. The highest BCUT2D eigenvalue weighted by Crippen LogP contribution is 2.50. The Bertz CT molecular complexity index is 1330. The van der Waals surface area contributed by atoms with Gasteiger partial charge in [0.1, 0.15) is 5.82 Å². The molecule has 0 bridgehead atoms. The third-order valence-electron chi connectivity index (χ3n) is 6.51. The highest BCUT2D eigenvalue weighted by Gasteiger charge is 2.39. The van der Waals surface area contributed by atoms with Crippen molar-refractivity contribution in [2.24, 2.45) is 5.92 Å². The van der Waals surface area contributed by atoms with Crippen LogP contribution < -0.4 is 10.0 Å². The second-order valence-corrected chi connectivity index (χ2v) is 10.4. The van der Waals surface area contributed by atoms with Gasteiger partial charge in [-0.05, 0) is 67.6 Å². The summed E-state index contributed by atoms with van der Waals surface area (Å²) in [5.74, 6) is -0.0623. The molecule has 2 aliphatic rings. The van der Waals surface area contributed by atoms with Gasteiger partial charge in [-0.25, -0.2) is 12.8 Å². The second kappa shape index (κ2) is 7.78. The number of allylic oxidation sites excluding steroid dienone is 2. The molecule has 0 saturated carbocycles. The molecule has 0 spiro atoms. The minimum atomic E-state index is -3.75. The lowest BCUT2D eigenvalue weighted by Gasteiger charge is -2.37. The SMILES string of the molecule is Cc1ccc(NS(=O)(=O)c2ccc3c(c2)C2C=CCC2[C@@H](c2ccccc2F)N3)c(C)c1. The maximum atomic E-state index is 14.5. The lowest BCUT2D eigenvalue weighted by Crippen LogP contribution is -2.30. The molecule has 3 aromatic rings. The lowest BCUT2D eigenvalue weighted by molar-refractivity contribution is 0.413. The maximum Gasteiger partial charge on any atom is 0.261 e. The lowest BCUT2D eigenvalue weighted by atomic mass is 9.77. The molecule has 1 heterocycles. The van der Waals surface area contributed by atoms with Crippen molar-refractivity contribution in [1.29, 1.82) is 0 Å². The van der Waals surface area contributed by atoms with E-state index in [0.717, 1.165) is 28.8 Å². The Labute approximate surface area is 188 Å². The van der Waals surface area contributed by atoms with Crippen LogP contribution in [0.2, 0.25) is 0 Å². The summed E-state index contributed by atoms with van der Waals surface area (Å²) in [6.45, 7) is 3.86. The van der Waals surface area contributed by atoms with Gasteiger partial charge in [0.05, 0.1) is 16.6 Å². The van der Waals surface area contributed by atoms with Crippen molar-refractivity contribution in [3.63, 3.8) is 0 Å². The zero-order valence-corrected chi connectivity index (χ0v) is 18.8. The topological polar surface area (TPSA) is 58.2 Å². The average Bonchev–Trinajstić information content (AvgIpc) is 3.26. The monoisotopic (exact) mass is 448 g/mol. The molecule has 6 heteroatoms. The minimum Gasteiger partial charge on any atom is -0.378 e. The van der Waals surface area contributed by atoms with Crippen molar-refractivity contribution < 1.29 is 12.8 Å². The Kier molecular flexibility index (Phi) is 5.05. The van der Waals surface area contributed by atoms with Gasteiger partial charge in [-0.2, -0.15) is 0 Å². The largest absolute Gasteiger partial charge is 0.378 e. The molecular formula is C26H25FN2O2S. The summed E-state index contributed by atoms with van der Waals surface area (Å²) in [5.41, 5.74) is 4.94. The highest BCUT2D eigenvalue weighted by molar-refractivity contribution is 7.92. The highest BCUT2D eigenvalue weighted by atomic mass is 32.2. The van der Waals surface area contributed by atoms with E-state index < -0.39 is 10.0 Å². The van der Waals surface area contributed by atoms with Crippen LogP contribution in [0.15, 0.2) is 77.7 Å². The molecule has 0 aromatic heterocycles. The summed E-state index contributed by atoms with van der Waals surface area (Å²) in [5, 5.41) is 3.47. The van der Waals surface area contributed by atoms with Crippen LogP contribution in [0.3, 0.4) is 0 Å². The molecule has 1 aliphatic carbocycles. The van der Waals surface area contributed by atoms with E-state index in [2.05, 4.69) is 22.2 Å². The summed E-state index contributed by atoms with van der Waals surface area (Å²) >= 11 is 0. The standard InChI is InChI=1S/C26H25FN2O2S/c1-16-10-12-24(17(2)14-16)29-32(30,31)18-11-13-25-22(15-18)19-7-5-8-20(19)26(28-25)21-6-3-4-9-23(21)27/h3-7,9-15,19-20,26,28-29H,8H2,1-2H3/t19?,20?,26-/m0/s1. The van der Waals surface area contributed by atoms with Crippen molar-refractivity contribution >= 4 is 21.4 Å². The van der Waals surface area contributed by atoms with E-state index in [1.807, 2.05) is 38.1 Å². The normalized spacial score (nSPS) is 21.5. The summed E-state index contributed by atoms with van der Waals surface area (Å²) < 4.78 is 43.6. The summed E-state index contributed by atoms with van der Waals surface area (Å²) in [7, 11) is -3.75. The first-order valence-electron chi connectivity index (χ1n) is 10.7. The maximum absolute atomic E-state index is 14.5. The van der Waals surface area contributed by atoms with E-state index >= 15 is 0 Å². The van der Waals surface area contributed by atoms with E-state index in [9.17, 15) is 12.8 Å². The van der Waals surface area contributed by atoms with Crippen molar-refractivity contribution in [2.75, 3.05) is 10.0 Å². The Morgan fingerprint density at radius 3 is 2.59 bits per heavy atom. The van der Waals surface area contributed by atoms with Crippen LogP contribution in [0.1, 0.15) is 40.6 Å². The number of hydrogen-bond donors (Lipinski definition) is 2. The van der Waals surface area contributed by atoms with Crippen LogP contribution >= 0.6 is 0 Å². The quantitative estimate of drug-likeness (QED) is 0.476. The van der Waals surface area contributed by atoms with Gasteiger partial charge in [0, 0.05) is 17.2 Å². The van der Waals surface area contributed by atoms with Gasteiger partial charge in [0.25, 0.3) is 10.0 Å². The molecule has 2 N–H and O–H groups in total. The molecular weight excluding hydrogens is 423 g/mol. The number of nitrogens with one attached hydrogen (secondary N) is 2. The molecule has 1 aliphatic heterocycles. The van der Waals surface area contributed by atoms with Crippen molar-refractivity contribution in [2.45, 2.75) is 37.1 Å². The first kappa shape index (κ1) is 20.8. The minimum absolute atomic E-state index is 0.0344. The van der Waals surface area contributed by atoms with Crippen LogP contribution in [0.4, 0.5) is 15.8 Å². The smallest absolute Gasteiger partial charge is 0.261 e. The predicted octanol–water partition coefficient (Wildman–Crippen LogP) is 6.07. The number of aryl methyl sites for hydroxylation is 2. The molecule has 0 saturated heterocycles. The molecule has 32 heavy (non-hydrogen) atoms. The van der Waals surface area contributed by atoms with Gasteiger partial charge in [0.15, 0.2) is 0 Å². The van der Waals surface area contributed by atoms with Gasteiger partial charge in [0.2, 0.25) is 0 Å². The van der Waals surface area contributed by atoms with Gasteiger partial charge in [-0.1, -0.05) is 48.0 Å². The third-order valence-corrected chi connectivity index (χ3v) is 7.87. The van der Waals surface area contributed by atoms with Crippen LogP contribution in [0.5, 0.6) is 0 Å². The van der Waals surface area contributed by atoms with E-state index in [4.69, 9.17) is 0 Å². The third kappa shape index (κ3) is 3.58. The van der Waals surface area contributed by atoms with Gasteiger partial charge in [-0.15, -0.1) is 0 Å². The van der Waals surface area contributed by atoms with E-state index in [-0.39, 0.29) is 28.6 Å². The Morgan fingerprint density at radius 1 is 1.00 bits per heavy atom. The molecule has 0 amide bonds. The van der Waals surface area contributed by atoms with E-state index in [1.165, 1.54) is 6.07 Å². The number of sulfonamides is 1. The van der Waals surface area contributed by atoms with Crippen molar-refractivity contribution in [3.8, 4) is 0 Å². The molecule has 2 unspecified atom stereocenters. The Morgan fingerprint density at radius 2 is 1.81 bits per heavy atom. The molecule has 0 radical (unpaired) electrons. The number of anilines is 2. The zero-order chi connectivity index (χ0) is 22.5. The van der Waals surface area contributed by atoms with Crippen LogP contribution in [0, 0.1) is 25.6 Å². The molecule has 3 aromatic carbocycles. The molecule has 3 atom stereocenters. The fraction of sp³-hybridized carbons (Fsp3) is 0.231. The molecule has 4 nitrogen and oxygen atoms in total. The number of fused-ring (bicyclic) bond motifs is 3. The number of rotatable bonds is 4. The molecule has 5 rings (SSSR count). The van der Waals surface area contributed by atoms with Gasteiger partial charge < -0.3 is 5.32 Å². The van der Waals surface area contributed by atoms with E-state index in [0.29, 0.717) is 11.3 Å². The second-order valence-electron chi connectivity index (χ2n) is 8.67. The van der Waals surface area contributed by atoms with Crippen molar-refractivity contribution in [1.82, 2.24) is 0 Å². The summed E-state index contributed by atoms with van der Waals surface area (Å²) in [4.78, 5) is 0.224. The number of benzene rings is 3. The van der Waals surface area contributed by atoms with E-state index in [1.54, 1.807) is 30.3 Å². The van der Waals surface area contributed by atoms with Gasteiger partial charge >= 0.3 is 0 Å². The summed E-state index contributed by atoms with van der Waals surface area (Å²) in [6, 6.07) is 17.5. The average molecular weight is 449 g/mol. The van der Waals surface area contributed by atoms with Crippen molar-refractivity contribution in [3.05, 3.63) is 101 Å². The molecule has 0 fully saturated rings. The first-order chi connectivity index (χ1) is 15.3. The van der Waals surface area contributed by atoms with Crippen LogP contribution in [-0.2, 0) is 10.0 Å². The molecule has 164 valence electrons. The predicted molar refractivity (Wildman–Crippen MR) is 126 cm³/mol. The zero-order valence-electron chi connectivity index (χ0n) is 18.0. The van der Waals surface area contributed by atoms with Crippen LogP contribution in [-0.4, -0.2) is 8.42 Å². The Balaban J connectivity index is 1.50. The summed E-state index contributed by atoms with van der Waals surface area (Å²) in [6.07, 6.45) is 5.04.